The van der Waals surface area contributed by atoms with Gasteiger partial charge in [-0.3, -0.25) is 14.6 Å². The van der Waals surface area contributed by atoms with Crippen LogP contribution < -0.4 is 10.6 Å². The minimum atomic E-state index is -0.365. The van der Waals surface area contributed by atoms with Crippen molar-refractivity contribution in [3.8, 4) is 6.07 Å². The van der Waals surface area contributed by atoms with Crippen LogP contribution in [-0.4, -0.2) is 34.6 Å². The second-order valence-electron chi connectivity index (χ2n) is 19.3. The number of aliphatic hydroxyl groups excluding tert-OH is 1. The summed E-state index contributed by atoms with van der Waals surface area (Å²) in [4.78, 5) is 31.9. The molecule has 7 nitrogen and oxygen atoms in total. The molecule has 5 fully saturated rings. The first-order chi connectivity index (χ1) is 25.1. The molecule has 2 aromatic rings. The zero-order valence-electron chi connectivity index (χ0n) is 33.1. The maximum absolute atomic E-state index is 14.6. The Balaban J connectivity index is 1.05. The minimum Gasteiger partial charge on any atom is -0.393 e. The van der Waals surface area contributed by atoms with Gasteiger partial charge < -0.3 is 15.7 Å². The summed E-state index contributed by atoms with van der Waals surface area (Å²) < 4.78 is 0. The molecular weight excluding hydrogens is 657 g/mol. The summed E-state index contributed by atoms with van der Waals surface area (Å²) in [6.07, 6.45) is 12.8. The standard InChI is InChI=1S/C46H62N4O3/c1-29(2)34-15-21-46(41(53)48-24-18-30-9-8-10-32(25-30)40(52)50-28-33-12-11-31(26-47)27-49-33)23-22-44(6)35(39(34)46)13-14-37-43(5)19-17-38(51)42(3,4)36(43)16-20-45(37,44)7/h8-12,25,27,34-39,51H,1,13-24,28H2,2-7H3,(H,48,53)(H,50,52)/t34?,35?,36?,37?,38-,39?,43-,44+,45+,46-/m0/s1. The molecule has 5 aliphatic carbocycles. The van der Waals surface area contributed by atoms with Crippen molar-refractivity contribution in [3.63, 3.8) is 0 Å². The second kappa shape index (κ2) is 13.7. The van der Waals surface area contributed by atoms with Gasteiger partial charge >= 0.3 is 0 Å². The van der Waals surface area contributed by atoms with Gasteiger partial charge in [-0.2, -0.15) is 5.26 Å². The maximum atomic E-state index is 14.6. The van der Waals surface area contributed by atoms with Crippen LogP contribution in [0.25, 0.3) is 0 Å². The Morgan fingerprint density at radius 3 is 2.43 bits per heavy atom. The van der Waals surface area contributed by atoms with E-state index in [1.54, 1.807) is 12.1 Å². The molecule has 5 saturated carbocycles. The average Bonchev–Trinajstić information content (AvgIpc) is 3.54. The fourth-order valence-corrected chi connectivity index (χ4v) is 13.8. The van der Waals surface area contributed by atoms with Gasteiger partial charge in [0.1, 0.15) is 6.07 Å². The molecule has 3 N–H and O–H groups in total. The molecule has 1 aromatic heterocycles. The Bertz CT molecular complexity index is 1800. The fourth-order valence-electron chi connectivity index (χ4n) is 13.8. The molecule has 10 atom stereocenters. The third kappa shape index (κ3) is 5.97. The normalized spacial score (nSPS) is 38.2. The third-order valence-corrected chi connectivity index (χ3v) is 16.8. The van der Waals surface area contributed by atoms with E-state index in [2.05, 4.69) is 69.8 Å². The number of benzene rings is 1. The molecule has 5 unspecified atom stereocenters. The van der Waals surface area contributed by atoms with Crippen molar-refractivity contribution >= 4 is 11.8 Å². The van der Waals surface area contributed by atoms with Crippen molar-refractivity contribution in [1.82, 2.24) is 15.6 Å². The summed E-state index contributed by atoms with van der Waals surface area (Å²) >= 11 is 0. The summed E-state index contributed by atoms with van der Waals surface area (Å²) in [7, 11) is 0. The van der Waals surface area contributed by atoms with Crippen LogP contribution in [0.5, 0.6) is 0 Å². The Hall–Kier alpha value is -3.50. The van der Waals surface area contributed by atoms with E-state index in [9.17, 15) is 14.7 Å². The van der Waals surface area contributed by atoms with Crippen molar-refractivity contribution in [1.29, 1.82) is 5.26 Å². The Kier molecular flexibility index (Phi) is 9.74. The van der Waals surface area contributed by atoms with Crippen LogP contribution in [0.4, 0.5) is 0 Å². The summed E-state index contributed by atoms with van der Waals surface area (Å²) in [5.74, 6) is 2.40. The van der Waals surface area contributed by atoms with Crippen LogP contribution in [0.1, 0.15) is 133 Å². The highest BCUT2D eigenvalue weighted by Gasteiger charge is 2.71. The van der Waals surface area contributed by atoms with E-state index in [1.165, 1.54) is 37.5 Å². The van der Waals surface area contributed by atoms with Crippen LogP contribution in [0, 0.1) is 68.0 Å². The van der Waals surface area contributed by atoms with Gasteiger partial charge in [0, 0.05) is 18.3 Å². The van der Waals surface area contributed by atoms with E-state index >= 15 is 0 Å². The van der Waals surface area contributed by atoms with E-state index in [0.29, 0.717) is 59.4 Å². The summed E-state index contributed by atoms with van der Waals surface area (Å²) in [5, 5.41) is 26.5. The van der Waals surface area contributed by atoms with Crippen LogP contribution >= 0.6 is 0 Å². The van der Waals surface area contributed by atoms with Crippen LogP contribution in [0.3, 0.4) is 0 Å². The number of amides is 2. The highest BCUT2D eigenvalue weighted by molar-refractivity contribution is 5.94. The molecule has 284 valence electrons. The fraction of sp³-hybridized carbons (Fsp3) is 0.652. The van der Waals surface area contributed by atoms with Gasteiger partial charge in [0.05, 0.1) is 29.3 Å². The topological polar surface area (TPSA) is 115 Å². The predicted octanol–water partition coefficient (Wildman–Crippen LogP) is 8.56. The Morgan fingerprint density at radius 1 is 0.925 bits per heavy atom. The largest absolute Gasteiger partial charge is 0.393 e. The SMILES string of the molecule is C=C(C)C1CC[C@]2(C(=O)NCCc3cccc(C(=O)NCc4ccc(C#N)cn4)c3)CC[C@]3(C)C(CCC4[C@@]5(C)CC[C@H](O)C(C)(C)C5CC[C@]43C)C12. The summed E-state index contributed by atoms with van der Waals surface area (Å²) in [5.41, 5.74) is 4.19. The lowest BCUT2D eigenvalue weighted by Crippen LogP contribution is -2.67. The number of pyridine rings is 1. The number of fused-ring (bicyclic) bond motifs is 7. The molecule has 0 aliphatic heterocycles. The highest BCUT2D eigenvalue weighted by atomic mass is 16.3. The zero-order chi connectivity index (χ0) is 38.0. The number of aromatic nitrogens is 1. The number of carbonyl (C=O) groups excluding carboxylic acids is 2. The first kappa shape index (κ1) is 37.8. The molecule has 0 saturated heterocycles. The number of carbonyl (C=O) groups is 2. The van der Waals surface area contributed by atoms with Gasteiger partial charge in [-0.25, -0.2) is 0 Å². The third-order valence-electron chi connectivity index (χ3n) is 16.8. The van der Waals surface area contributed by atoms with Gasteiger partial charge in [-0.05, 0) is 159 Å². The van der Waals surface area contributed by atoms with Crippen molar-refractivity contribution in [2.75, 3.05) is 6.54 Å². The number of allylic oxidation sites excluding steroid dienone is 1. The highest BCUT2D eigenvalue weighted by Crippen LogP contribution is 2.77. The second-order valence-corrected chi connectivity index (χ2v) is 19.3. The number of rotatable bonds is 8. The molecule has 0 spiro atoms. The minimum absolute atomic E-state index is 0.0546. The van der Waals surface area contributed by atoms with E-state index in [4.69, 9.17) is 5.26 Å². The van der Waals surface area contributed by atoms with Gasteiger partial charge in [0.15, 0.2) is 0 Å². The Labute approximate surface area is 317 Å². The predicted molar refractivity (Wildman–Crippen MR) is 208 cm³/mol. The first-order valence-electron chi connectivity index (χ1n) is 20.4. The number of nitrogens with zero attached hydrogens (tertiary/aromatic N) is 2. The lowest BCUT2D eigenvalue weighted by Gasteiger charge is -2.72. The molecule has 1 heterocycles. The number of hydrogen-bond donors (Lipinski definition) is 3. The van der Waals surface area contributed by atoms with Crippen LogP contribution in [0.15, 0.2) is 54.7 Å². The Morgan fingerprint density at radius 2 is 1.72 bits per heavy atom. The molecular formula is C46H62N4O3. The van der Waals surface area contributed by atoms with Gasteiger partial charge in [-0.15, -0.1) is 0 Å². The first-order valence-corrected chi connectivity index (χ1v) is 20.4. The van der Waals surface area contributed by atoms with E-state index in [-0.39, 0.29) is 51.5 Å². The van der Waals surface area contributed by atoms with Crippen molar-refractivity contribution < 1.29 is 14.7 Å². The number of hydrogen-bond acceptors (Lipinski definition) is 5. The quantitative estimate of drug-likeness (QED) is 0.237. The van der Waals surface area contributed by atoms with E-state index < -0.39 is 0 Å². The molecule has 7 rings (SSSR count). The monoisotopic (exact) mass is 718 g/mol. The lowest BCUT2D eigenvalue weighted by atomic mass is 9.32. The maximum Gasteiger partial charge on any atom is 0.251 e. The van der Waals surface area contributed by atoms with Crippen molar-refractivity contribution in [3.05, 3.63) is 77.1 Å². The molecule has 1 aromatic carbocycles. The summed E-state index contributed by atoms with van der Waals surface area (Å²) in [6.45, 7) is 20.0. The number of nitrogens with one attached hydrogen (secondary N) is 2. The van der Waals surface area contributed by atoms with E-state index in [1.807, 2.05) is 24.3 Å². The van der Waals surface area contributed by atoms with Crippen LogP contribution in [0.2, 0.25) is 0 Å². The molecule has 0 radical (unpaired) electrons. The van der Waals surface area contributed by atoms with Gasteiger partial charge in [-0.1, -0.05) is 58.9 Å². The molecule has 2 amide bonds. The lowest BCUT2D eigenvalue weighted by molar-refractivity contribution is -0.246. The van der Waals surface area contributed by atoms with Gasteiger partial charge in [0.2, 0.25) is 5.91 Å². The van der Waals surface area contributed by atoms with E-state index in [0.717, 1.165) is 44.1 Å². The molecule has 0 bridgehead atoms. The average molecular weight is 719 g/mol. The summed E-state index contributed by atoms with van der Waals surface area (Å²) in [6, 6.07) is 13.1. The zero-order valence-corrected chi connectivity index (χ0v) is 33.1. The van der Waals surface area contributed by atoms with Gasteiger partial charge in [0.25, 0.3) is 5.91 Å². The molecule has 7 heteroatoms. The van der Waals surface area contributed by atoms with Crippen molar-refractivity contribution in [2.45, 2.75) is 125 Å². The molecule has 53 heavy (non-hydrogen) atoms. The van der Waals surface area contributed by atoms with Crippen LogP contribution in [-0.2, 0) is 17.8 Å². The number of aliphatic hydroxyl groups is 1. The molecule has 5 aliphatic rings. The van der Waals surface area contributed by atoms with Crippen molar-refractivity contribution in [2.24, 2.45) is 56.7 Å². The number of nitriles is 1. The smallest absolute Gasteiger partial charge is 0.251 e.